The Morgan fingerprint density at radius 2 is 1.47 bits per heavy atom. The summed E-state index contributed by atoms with van der Waals surface area (Å²) in [5.74, 6) is 0.568. The summed E-state index contributed by atoms with van der Waals surface area (Å²) in [5, 5.41) is 12.4. The number of phenols is 1. The smallest absolute Gasteiger partial charge is 0.236 e. The maximum atomic E-state index is 13.2. The molecule has 0 radical (unpaired) electrons. The minimum Gasteiger partial charge on any atom is -0.508 e. The third-order valence-corrected chi connectivity index (χ3v) is 7.24. The zero-order valence-electron chi connectivity index (χ0n) is 16.7. The highest BCUT2D eigenvalue weighted by Gasteiger charge is 2.27. The summed E-state index contributed by atoms with van der Waals surface area (Å²) in [6.45, 7) is 0. The second kappa shape index (κ2) is 8.87. The zero-order valence-corrected chi connectivity index (χ0v) is 17.5. The van der Waals surface area contributed by atoms with Crippen molar-refractivity contribution in [2.75, 3.05) is 10.0 Å². The van der Waals surface area contributed by atoms with E-state index in [1.165, 1.54) is 6.42 Å². The maximum Gasteiger partial charge on any atom is 0.236 e. The molecule has 0 atom stereocenters. The maximum absolute atomic E-state index is 13.2. The molecule has 7 nitrogen and oxygen atoms in total. The average molecular weight is 427 g/mol. The first-order valence-electron chi connectivity index (χ1n) is 10.4. The van der Waals surface area contributed by atoms with Gasteiger partial charge >= 0.3 is 0 Å². The van der Waals surface area contributed by atoms with E-state index in [2.05, 4.69) is 20.0 Å². The number of hydrogen-bond donors (Lipinski definition) is 3. The van der Waals surface area contributed by atoms with E-state index in [-0.39, 0.29) is 11.6 Å². The number of para-hydroxylation sites is 2. The van der Waals surface area contributed by atoms with Crippen LogP contribution in [-0.4, -0.2) is 28.7 Å². The number of anilines is 3. The zero-order chi connectivity index (χ0) is 21.0. The van der Waals surface area contributed by atoms with E-state index in [9.17, 15) is 13.5 Å². The Kier molecular flexibility index (Phi) is 6.03. The summed E-state index contributed by atoms with van der Waals surface area (Å²) in [6, 6.07) is 13.9. The Morgan fingerprint density at radius 1 is 0.833 bits per heavy atom. The lowest BCUT2D eigenvalue weighted by molar-refractivity contribution is 0.475. The second-order valence-electron chi connectivity index (χ2n) is 7.70. The van der Waals surface area contributed by atoms with Crippen molar-refractivity contribution >= 4 is 38.4 Å². The van der Waals surface area contributed by atoms with Gasteiger partial charge in [0.25, 0.3) is 0 Å². The van der Waals surface area contributed by atoms with E-state index < -0.39 is 15.3 Å². The molecule has 1 aliphatic carbocycles. The normalized spacial score (nSPS) is 16.0. The summed E-state index contributed by atoms with van der Waals surface area (Å²) in [7, 11) is -3.61. The lowest BCUT2D eigenvalue weighted by Gasteiger charge is -2.21. The molecule has 1 heterocycles. The molecule has 1 fully saturated rings. The molecule has 3 aromatic rings. The Morgan fingerprint density at radius 3 is 2.13 bits per heavy atom. The number of rotatable bonds is 5. The highest BCUT2D eigenvalue weighted by molar-refractivity contribution is 7.93. The van der Waals surface area contributed by atoms with E-state index in [0.29, 0.717) is 35.4 Å². The fourth-order valence-corrected chi connectivity index (χ4v) is 5.36. The van der Waals surface area contributed by atoms with Gasteiger partial charge in [-0.25, -0.2) is 18.4 Å². The number of nitrogens with zero attached hydrogens (tertiary/aromatic N) is 2. The van der Waals surface area contributed by atoms with Gasteiger partial charge in [0.05, 0.1) is 16.3 Å². The summed E-state index contributed by atoms with van der Waals surface area (Å²) in [4.78, 5) is 9.12. The quantitative estimate of drug-likeness (QED) is 0.534. The Bertz CT molecular complexity index is 1130. The lowest BCUT2D eigenvalue weighted by Crippen LogP contribution is -2.29. The van der Waals surface area contributed by atoms with Crippen molar-refractivity contribution in [3.8, 4) is 5.75 Å². The number of nitrogens with one attached hydrogen (secondary N) is 2. The van der Waals surface area contributed by atoms with Crippen LogP contribution in [0, 0.1) is 0 Å². The highest BCUT2D eigenvalue weighted by Crippen LogP contribution is 2.29. The molecule has 0 spiro atoms. The molecule has 4 rings (SSSR count). The van der Waals surface area contributed by atoms with E-state index in [1.54, 1.807) is 30.3 Å². The predicted molar refractivity (Wildman–Crippen MR) is 120 cm³/mol. The molecule has 1 aromatic heterocycles. The molecule has 30 heavy (non-hydrogen) atoms. The van der Waals surface area contributed by atoms with Crippen LogP contribution in [-0.2, 0) is 10.0 Å². The molecule has 1 aliphatic rings. The van der Waals surface area contributed by atoms with Crippen molar-refractivity contribution in [1.29, 1.82) is 0 Å². The standard InChI is InChI=1S/C22H26N4O3S/c27-17-10-8-9-16(15-17)23-21-22(25-20-14-7-6-13-19(20)24-21)26-30(28,29)18-11-4-2-1-3-5-12-18/h6-10,13-15,18,27H,1-5,11-12H2,(H,23,24)(H,25,26). The molecule has 0 bridgehead atoms. The molecule has 158 valence electrons. The predicted octanol–water partition coefficient (Wildman–Crippen LogP) is 4.93. The van der Waals surface area contributed by atoms with Gasteiger partial charge in [-0.05, 0) is 37.1 Å². The second-order valence-corrected chi connectivity index (χ2v) is 9.66. The third kappa shape index (κ3) is 4.81. The van der Waals surface area contributed by atoms with E-state index in [1.807, 2.05) is 18.2 Å². The van der Waals surface area contributed by atoms with Crippen LogP contribution in [0.1, 0.15) is 44.9 Å². The molecule has 0 unspecified atom stereocenters. The van der Waals surface area contributed by atoms with Crippen LogP contribution in [0.25, 0.3) is 11.0 Å². The van der Waals surface area contributed by atoms with Gasteiger partial charge in [-0.3, -0.25) is 4.72 Å². The first-order chi connectivity index (χ1) is 14.5. The summed E-state index contributed by atoms with van der Waals surface area (Å²) in [6.07, 6.45) is 6.48. The molecule has 8 heteroatoms. The van der Waals surface area contributed by atoms with Gasteiger partial charge < -0.3 is 10.4 Å². The van der Waals surface area contributed by atoms with Crippen molar-refractivity contribution in [1.82, 2.24) is 9.97 Å². The van der Waals surface area contributed by atoms with Crippen LogP contribution >= 0.6 is 0 Å². The fraction of sp³-hybridized carbons (Fsp3) is 0.364. The SMILES string of the molecule is O=S(=O)(Nc1nc2ccccc2nc1Nc1cccc(O)c1)C1CCCCCCC1. The number of benzene rings is 2. The molecule has 0 amide bonds. The molecule has 0 saturated heterocycles. The molecule has 3 N–H and O–H groups in total. The van der Waals surface area contributed by atoms with Crippen LogP contribution < -0.4 is 10.0 Å². The number of hydrogen-bond acceptors (Lipinski definition) is 6. The molecule has 0 aliphatic heterocycles. The number of fused-ring (bicyclic) bond motifs is 1. The molecule has 2 aromatic carbocycles. The van der Waals surface area contributed by atoms with Gasteiger partial charge in [0, 0.05) is 11.8 Å². The molecular weight excluding hydrogens is 400 g/mol. The first kappa shape index (κ1) is 20.4. The van der Waals surface area contributed by atoms with Crippen LogP contribution in [0.2, 0.25) is 0 Å². The van der Waals surface area contributed by atoms with E-state index >= 15 is 0 Å². The summed E-state index contributed by atoms with van der Waals surface area (Å²) in [5.41, 5.74) is 1.84. The third-order valence-electron chi connectivity index (χ3n) is 5.41. The number of sulfonamides is 1. The van der Waals surface area contributed by atoms with Gasteiger partial charge in [-0.1, -0.05) is 50.3 Å². The van der Waals surface area contributed by atoms with Crippen LogP contribution in [0.15, 0.2) is 48.5 Å². The minimum atomic E-state index is -3.61. The van der Waals surface area contributed by atoms with Crippen molar-refractivity contribution < 1.29 is 13.5 Å². The highest BCUT2D eigenvalue weighted by atomic mass is 32.2. The largest absolute Gasteiger partial charge is 0.508 e. The van der Waals surface area contributed by atoms with Crippen molar-refractivity contribution in [3.63, 3.8) is 0 Å². The topological polar surface area (TPSA) is 104 Å². The van der Waals surface area contributed by atoms with Crippen LogP contribution in [0.5, 0.6) is 5.75 Å². The molecular formula is C22H26N4O3S. The lowest BCUT2D eigenvalue weighted by atomic mass is 10.0. The minimum absolute atomic E-state index is 0.102. The fourth-order valence-electron chi connectivity index (χ4n) is 3.83. The van der Waals surface area contributed by atoms with Gasteiger partial charge in [-0.2, -0.15) is 0 Å². The van der Waals surface area contributed by atoms with Crippen molar-refractivity contribution in [3.05, 3.63) is 48.5 Å². The van der Waals surface area contributed by atoms with Gasteiger partial charge in [0.15, 0.2) is 11.6 Å². The van der Waals surface area contributed by atoms with Crippen molar-refractivity contribution in [2.24, 2.45) is 0 Å². The van der Waals surface area contributed by atoms with Gasteiger partial charge in [0.2, 0.25) is 10.0 Å². The Balaban J connectivity index is 1.69. The van der Waals surface area contributed by atoms with Crippen LogP contribution in [0.3, 0.4) is 0 Å². The van der Waals surface area contributed by atoms with E-state index in [0.717, 1.165) is 25.7 Å². The number of phenolic OH excluding ortho intramolecular Hbond substituents is 1. The summed E-state index contributed by atoms with van der Waals surface area (Å²) >= 11 is 0. The Labute approximate surface area is 176 Å². The number of aromatic hydroxyl groups is 1. The first-order valence-corrected chi connectivity index (χ1v) is 11.9. The summed E-state index contributed by atoms with van der Waals surface area (Å²) < 4.78 is 29.0. The van der Waals surface area contributed by atoms with Gasteiger partial charge in [0.1, 0.15) is 5.75 Å². The monoisotopic (exact) mass is 426 g/mol. The number of aromatic nitrogens is 2. The molecule has 1 saturated carbocycles. The van der Waals surface area contributed by atoms with Crippen molar-refractivity contribution in [2.45, 2.75) is 50.2 Å². The van der Waals surface area contributed by atoms with Gasteiger partial charge in [-0.15, -0.1) is 0 Å². The average Bonchev–Trinajstić information content (AvgIpc) is 2.67. The van der Waals surface area contributed by atoms with E-state index in [4.69, 9.17) is 0 Å². The van der Waals surface area contributed by atoms with Crippen LogP contribution in [0.4, 0.5) is 17.3 Å². The Hall–Kier alpha value is -2.87.